The van der Waals surface area contributed by atoms with Crippen LogP contribution < -0.4 is 10.1 Å². The highest BCUT2D eigenvalue weighted by molar-refractivity contribution is 5.96. The van der Waals surface area contributed by atoms with Crippen LogP contribution in [0, 0.1) is 5.82 Å². The predicted molar refractivity (Wildman–Crippen MR) is 72.9 cm³/mol. The number of carboxylic acid groups (broad SMARTS) is 1. The van der Waals surface area contributed by atoms with Gasteiger partial charge in [0, 0.05) is 6.07 Å². The summed E-state index contributed by atoms with van der Waals surface area (Å²) >= 11 is 0. The summed E-state index contributed by atoms with van der Waals surface area (Å²) in [6.07, 6.45) is 0. The molecule has 108 valence electrons. The van der Waals surface area contributed by atoms with Crippen LogP contribution in [0.25, 0.3) is 0 Å². The summed E-state index contributed by atoms with van der Waals surface area (Å²) in [5, 5.41) is 10.5. The second-order valence-corrected chi connectivity index (χ2v) is 4.13. The van der Waals surface area contributed by atoms with Gasteiger partial charge in [0.25, 0.3) is 5.91 Å². The highest BCUT2D eigenvalue weighted by atomic mass is 19.1. The Morgan fingerprint density at radius 2 is 1.81 bits per heavy atom. The van der Waals surface area contributed by atoms with Crippen LogP contribution in [-0.4, -0.2) is 23.5 Å². The summed E-state index contributed by atoms with van der Waals surface area (Å²) in [4.78, 5) is 21.9. The summed E-state index contributed by atoms with van der Waals surface area (Å²) in [6, 6.07) is 12.6. The van der Waals surface area contributed by atoms with Crippen LogP contribution in [0.3, 0.4) is 0 Å². The maximum atomic E-state index is 13.8. The Bertz CT molecular complexity index is 658. The third-order valence-electron chi connectivity index (χ3n) is 2.56. The Morgan fingerprint density at radius 3 is 2.43 bits per heavy atom. The number of para-hydroxylation sites is 1. The lowest BCUT2D eigenvalue weighted by molar-refractivity contribution is -0.135. The monoisotopic (exact) mass is 289 g/mol. The topological polar surface area (TPSA) is 75.6 Å². The van der Waals surface area contributed by atoms with Crippen molar-refractivity contribution in [3.8, 4) is 11.5 Å². The molecule has 6 heteroatoms. The number of carboxylic acids is 1. The van der Waals surface area contributed by atoms with E-state index in [1.807, 2.05) is 6.07 Å². The summed E-state index contributed by atoms with van der Waals surface area (Å²) in [5.41, 5.74) is -0.239. The first-order valence-electron chi connectivity index (χ1n) is 6.08. The quantitative estimate of drug-likeness (QED) is 0.886. The molecule has 0 heterocycles. The smallest absolute Gasteiger partial charge is 0.322 e. The summed E-state index contributed by atoms with van der Waals surface area (Å²) in [5.74, 6) is -1.99. The molecule has 0 saturated carbocycles. The third kappa shape index (κ3) is 4.04. The fourth-order valence-electron chi connectivity index (χ4n) is 1.62. The van der Waals surface area contributed by atoms with Crippen LogP contribution in [0.15, 0.2) is 48.5 Å². The molecule has 0 fully saturated rings. The van der Waals surface area contributed by atoms with Crippen molar-refractivity contribution in [1.29, 1.82) is 0 Å². The van der Waals surface area contributed by atoms with Crippen molar-refractivity contribution in [3.63, 3.8) is 0 Å². The van der Waals surface area contributed by atoms with Crippen LogP contribution >= 0.6 is 0 Å². The third-order valence-corrected chi connectivity index (χ3v) is 2.56. The molecule has 0 aliphatic carbocycles. The second-order valence-electron chi connectivity index (χ2n) is 4.13. The van der Waals surface area contributed by atoms with Crippen LogP contribution in [0.2, 0.25) is 0 Å². The van der Waals surface area contributed by atoms with E-state index in [9.17, 15) is 14.0 Å². The summed E-state index contributed by atoms with van der Waals surface area (Å²) in [7, 11) is 0. The van der Waals surface area contributed by atoms with Gasteiger partial charge in [-0.2, -0.15) is 0 Å². The lowest BCUT2D eigenvalue weighted by Crippen LogP contribution is -2.29. The number of carbonyl (C=O) groups is 2. The molecule has 0 radical (unpaired) electrons. The van der Waals surface area contributed by atoms with Crippen LogP contribution in [0.5, 0.6) is 11.5 Å². The largest absolute Gasteiger partial charge is 0.480 e. The van der Waals surface area contributed by atoms with Gasteiger partial charge < -0.3 is 15.2 Å². The van der Waals surface area contributed by atoms with Crippen molar-refractivity contribution in [2.45, 2.75) is 0 Å². The van der Waals surface area contributed by atoms with Crippen molar-refractivity contribution in [2.75, 3.05) is 6.54 Å². The molecule has 0 bridgehead atoms. The van der Waals surface area contributed by atoms with Gasteiger partial charge in [0.15, 0.2) is 0 Å². The molecule has 2 N–H and O–H groups in total. The Morgan fingerprint density at radius 1 is 1.10 bits per heavy atom. The number of hydrogen-bond acceptors (Lipinski definition) is 3. The van der Waals surface area contributed by atoms with E-state index in [4.69, 9.17) is 9.84 Å². The molecule has 0 aromatic heterocycles. The number of ether oxygens (including phenoxy) is 1. The molecule has 2 aromatic rings. The average molecular weight is 289 g/mol. The van der Waals surface area contributed by atoms with E-state index in [-0.39, 0.29) is 11.3 Å². The minimum Gasteiger partial charge on any atom is -0.480 e. The van der Waals surface area contributed by atoms with Crippen molar-refractivity contribution in [2.24, 2.45) is 0 Å². The first-order valence-corrected chi connectivity index (χ1v) is 6.08. The lowest BCUT2D eigenvalue weighted by Gasteiger charge is -2.08. The van der Waals surface area contributed by atoms with Gasteiger partial charge in [-0.25, -0.2) is 4.39 Å². The lowest BCUT2D eigenvalue weighted by atomic mass is 10.2. The van der Waals surface area contributed by atoms with Gasteiger partial charge in [0.1, 0.15) is 23.9 Å². The van der Waals surface area contributed by atoms with Gasteiger partial charge in [0.05, 0.1) is 5.56 Å². The molecule has 0 atom stereocenters. The molecule has 21 heavy (non-hydrogen) atoms. The van der Waals surface area contributed by atoms with Crippen molar-refractivity contribution in [1.82, 2.24) is 5.32 Å². The Kier molecular flexibility index (Phi) is 4.50. The van der Waals surface area contributed by atoms with E-state index >= 15 is 0 Å². The summed E-state index contributed by atoms with van der Waals surface area (Å²) < 4.78 is 19.3. The number of hydrogen-bond donors (Lipinski definition) is 2. The number of halogens is 1. The molecule has 0 aliphatic rings. The zero-order valence-electron chi connectivity index (χ0n) is 10.9. The standard InChI is InChI=1S/C15H12FNO4/c16-13-8-11(21-10-4-2-1-3-5-10)6-7-12(13)15(20)17-9-14(18)19/h1-8H,9H2,(H,17,20)(H,18,19). The highest BCUT2D eigenvalue weighted by Gasteiger charge is 2.13. The molecular formula is C15H12FNO4. The van der Waals surface area contributed by atoms with Gasteiger partial charge in [-0.05, 0) is 24.3 Å². The summed E-state index contributed by atoms with van der Waals surface area (Å²) in [6.45, 7) is -0.569. The molecule has 2 aromatic carbocycles. The first kappa shape index (κ1) is 14.5. The zero-order chi connectivity index (χ0) is 15.2. The molecule has 0 spiro atoms. The maximum absolute atomic E-state index is 13.8. The minimum atomic E-state index is -1.20. The van der Waals surface area contributed by atoms with E-state index in [2.05, 4.69) is 5.32 Å². The highest BCUT2D eigenvalue weighted by Crippen LogP contribution is 2.23. The van der Waals surface area contributed by atoms with Gasteiger partial charge in [-0.15, -0.1) is 0 Å². The van der Waals surface area contributed by atoms with E-state index < -0.39 is 24.2 Å². The van der Waals surface area contributed by atoms with E-state index in [0.717, 1.165) is 6.07 Å². The normalized spacial score (nSPS) is 9.95. The van der Waals surface area contributed by atoms with Crippen molar-refractivity contribution in [3.05, 3.63) is 59.9 Å². The van der Waals surface area contributed by atoms with Gasteiger partial charge >= 0.3 is 5.97 Å². The van der Waals surface area contributed by atoms with Crippen LogP contribution in [0.1, 0.15) is 10.4 Å². The van der Waals surface area contributed by atoms with Gasteiger partial charge in [0.2, 0.25) is 0 Å². The number of rotatable bonds is 5. The molecule has 5 nitrogen and oxygen atoms in total. The fourth-order valence-corrected chi connectivity index (χ4v) is 1.62. The molecule has 2 rings (SSSR count). The molecule has 1 amide bonds. The Hall–Kier alpha value is -2.89. The fraction of sp³-hybridized carbons (Fsp3) is 0.0667. The van der Waals surface area contributed by atoms with Crippen molar-refractivity contribution < 1.29 is 23.8 Å². The Balaban J connectivity index is 2.10. The van der Waals surface area contributed by atoms with Crippen LogP contribution in [0.4, 0.5) is 4.39 Å². The second kappa shape index (κ2) is 6.51. The van der Waals surface area contributed by atoms with Gasteiger partial charge in [-0.1, -0.05) is 18.2 Å². The molecule has 0 saturated heterocycles. The van der Waals surface area contributed by atoms with Gasteiger partial charge in [-0.3, -0.25) is 9.59 Å². The van der Waals surface area contributed by atoms with E-state index in [0.29, 0.717) is 5.75 Å². The molecule has 0 unspecified atom stereocenters. The van der Waals surface area contributed by atoms with Crippen molar-refractivity contribution >= 4 is 11.9 Å². The Labute approximate surface area is 120 Å². The average Bonchev–Trinajstić information content (AvgIpc) is 2.46. The molecular weight excluding hydrogens is 277 g/mol. The first-order chi connectivity index (χ1) is 10.1. The number of nitrogens with one attached hydrogen (secondary N) is 1. The van der Waals surface area contributed by atoms with Crippen LogP contribution in [-0.2, 0) is 4.79 Å². The van der Waals surface area contributed by atoms with E-state index in [1.54, 1.807) is 24.3 Å². The number of benzene rings is 2. The van der Waals surface area contributed by atoms with E-state index in [1.165, 1.54) is 12.1 Å². The molecule has 0 aliphatic heterocycles. The SMILES string of the molecule is O=C(O)CNC(=O)c1ccc(Oc2ccccc2)cc1F. The number of carbonyl (C=O) groups excluding carboxylic acids is 1. The predicted octanol–water partition coefficient (Wildman–Crippen LogP) is 2.43. The maximum Gasteiger partial charge on any atom is 0.322 e. The number of aliphatic carboxylic acids is 1. The zero-order valence-corrected chi connectivity index (χ0v) is 10.9. The number of amides is 1. The minimum absolute atomic E-state index is 0.239.